The van der Waals surface area contributed by atoms with Crippen LogP contribution < -0.4 is 10.8 Å². The predicted molar refractivity (Wildman–Crippen MR) is 104 cm³/mol. The van der Waals surface area contributed by atoms with Crippen LogP contribution in [-0.4, -0.2) is 22.6 Å². The van der Waals surface area contributed by atoms with Gasteiger partial charge in [-0.2, -0.15) is 0 Å². The maximum Gasteiger partial charge on any atom is 0.267 e. The highest BCUT2D eigenvalue weighted by Gasteiger charge is 2.05. The molecule has 0 spiro atoms. The molecule has 1 aromatic heterocycles. The zero-order valence-electron chi connectivity index (χ0n) is 14.8. The summed E-state index contributed by atoms with van der Waals surface area (Å²) in [5, 5.41) is 13.3. The van der Waals surface area contributed by atoms with E-state index in [2.05, 4.69) is 41.6 Å². The quantitative estimate of drug-likeness (QED) is 0.229. The fourth-order valence-electron chi connectivity index (χ4n) is 3.06. The van der Waals surface area contributed by atoms with Gasteiger partial charge in [0.25, 0.3) is 5.91 Å². The molecule has 0 aliphatic carbocycles. The van der Waals surface area contributed by atoms with E-state index in [0.29, 0.717) is 0 Å². The van der Waals surface area contributed by atoms with Gasteiger partial charge in [-0.05, 0) is 54.3 Å². The number of fused-ring (bicyclic) bond motifs is 1. The van der Waals surface area contributed by atoms with Crippen molar-refractivity contribution in [2.45, 2.75) is 19.9 Å². The molecular formula is C21H23N3O2. The first-order chi connectivity index (χ1) is 12.7. The van der Waals surface area contributed by atoms with Gasteiger partial charge in [-0.15, -0.1) is 0 Å². The van der Waals surface area contributed by atoms with E-state index in [1.165, 1.54) is 33.7 Å². The number of carbonyl (C=O) groups is 1. The second kappa shape index (κ2) is 8.47. The lowest BCUT2D eigenvalue weighted by atomic mass is 10.0. The average molecular weight is 349 g/mol. The van der Waals surface area contributed by atoms with Crippen LogP contribution in [0.15, 0.2) is 54.7 Å². The van der Waals surface area contributed by atoms with Crippen molar-refractivity contribution in [1.29, 1.82) is 0 Å². The summed E-state index contributed by atoms with van der Waals surface area (Å²) in [6.45, 7) is 3.83. The molecule has 0 saturated carbocycles. The maximum absolute atomic E-state index is 11.0. The van der Waals surface area contributed by atoms with E-state index >= 15 is 0 Å². The number of benzene rings is 2. The number of H-pyrrole nitrogens is 1. The topological polar surface area (TPSA) is 77.2 Å². The summed E-state index contributed by atoms with van der Waals surface area (Å²) in [6.07, 6.45) is 5.98. The molecule has 5 nitrogen and oxygen atoms in total. The standard InChI is InChI=1S/C21H23N3O2/c1-15-13-23-19-4-2-3-18(21(15)19)11-12-22-14-17-7-5-16(6-8-17)9-10-20(25)24-26/h2-10,13,22-23,26H,11-12,14H2,1H3,(H,24,25)/b10-9+. The van der Waals surface area contributed by atoms with E-state index in [-0.39, 0.29) is 0 Å². The molecule has 0 saturated heterocycles. The molecular weight excluding hydrogens is 326 g/mol. The number of rotatable bonds is 7. The molecule has 0 radical (unpaired) electrons. The van der Waals surface area contributed by atoms with Gasteiger partial charge < -0.3 is 10.3 Å². The fraction of sp³-hybridized carbons (Fsp3) is 0.190. The van der Waals surface area contributed by atoms with Gasteiger partial charge in [0.1, 0.15) is 0 Å². The van der Waals surface area contributed by atoms with E-state index in [9.17, 15) is 4.79 Å². The summed E-state index contributed by atoms with van der Waals surface area (Å²) >= 11 is 0. The van der Waals surface area contributed by atoms with E-state index in [4.69, 9.17) is 5.21 Å². The first-order valence-corrected chi connectivity index (χ1v) is 8.65. The minimum atomic E-state index is -0.538. The Bertz CT molecular complexity index is 911. The third-order valence-electron chi connectivity index (χ3n) is 4.41. The zero-order chi connectivity index (χ0) is 18.4. The molecule has 26 heavy (non-hydrogen) atoms. The molecule has 0 bridgehead atoms. The van der Waals surface area contributed by atoms with Crippen LogP contribution in [0.1, 0.15) is 22.3 Å². The first-order valence-electron chi connectivity index (χ1n) is 8.65. The largest absolute Gasteiger partial charge is 0.361 e. The Kier molecular flexibility index (Phi) is 5.84. The maximum atomic E-state index is 11.0. The van der Waals surface area contributed by atoms with Crippen LogP contribution in [0.3, 0.4) is 0 Å². The molecule has 5 heteroatoms. The van der Waals surface area contributed by atoms with E-state index in [1.807, 2.05) is 24.3 Å². The van der Waals surface area contributed by atoms with Gasteiger partial charge in [0.15, 0.2) is 0 Å². The van der Waals surface area contributed by atoms with Crippen molar-refractivity contribution < 1.29 is 10.0 Å². The zero-order valence-corrected chi connectivity index (χ0v) is 14.8. The molecule has 1 heterocycles. The minimum absolute atomic E-state index is 0.538. The number of aromatic amines is 1. The summed E-state index contributed by atoms with van der Waals surface area (Å²) in [5.41, 5.74) is 7.50. The molecule has 0 aliphatic rings. The summed E-state index contributed by atoms with van der Waals surface area (Å²) in [6, 6.07) is 14.3. The summed E-state index contributed by atoms with van der Waals surface area (Å²) in [7, 11) is 0. The van der Waals surface area contributed by atoms with Crippen molar-refractivity contribution in [1.82, 2.24) is 15.8 Å². The number of nitrogens with one attached hydrogen (secondary N) is 3. The smallest absolute Gasteiger partial charge is 0.267 e. The van der Waals surface area contributed by atoms with Gasteiger partial charge in [0.2, 0.25) is 0 Å². The number of aromatic nitrogens is 1. The van der Waals surface area contributed by atoms with Crippen molar-refractivity contribution in [3.05, 3.63) is 77.0 Å². The molecule has 1 amide bonds. The Balaban J connectivity index is 1.51. The van der Waals surface area contributed by atoms with Crippen LogP contribution in [0.4, 0.5) is 0 Å². The Labute approximate surface area is 152 Å². The van der Waals surface area contributed by atoms with Crippen molar-refractivity contribution >= 4 is 22.9 Å². The number of hydroxylamine groups is 1. The summed E-state index contributed by atoms with van der Waals surface area (Å²) in [4.78, 5) is 14.3. The van der Waals surface area contributed by atoms with Gasteiger partial charge in [-0.25, -0.2) is 5.48 Å². The van der Waals surface area contributed by atoms with Gasteiger partial charge >= 0.3 is 0 Å². The monoisotopic (exact) mass is 349 g/mol. The van der Waals surface area contributed by atoms with Gasteiger partial charge in [-0.1, -0.05) is 36.4 Å². The lowest BCUT2D eigenvalue weighted by Crippen LogP contribution is -2.16. The Morgan fingerprint density at radius 2 is 2.00 bits per heavy atom. The third kappa shape index (κ3) is 4.39. The molecule has 0 atom stereocenters. The molecule has 3 aromatic rings. The van der Waals surface area contributed by atoms with Crippen LogP contribution in [0, 0.1) is 6.92 Å². The molecule has 0 aliphatic heterocycles. The second-order valence-electron chi connectivity index (χ2n) is 6.29. The number of hydrogen-bond acceptors (Lipinski definition) is 3. The second-order valence-corrected chi connectivity index (χ2v) is 6.29. The number of carbonyl (C=O) groups excluding carboxylic acids is 1. The van der Waals surface area contributed by atoms with E-state index < -0.39 is 5.91 Å². The van der Waals surface area contributed by atoms with Crippen molar-refractivity contribution in [3.8, 4) is 0 Å². The molecule has 3 rings (SSSR count). The Morgan fingerprint density at radius 3 is 2.77 bits per heavy atom. The highest BCUT2D eigenvalue weighted by Crippen LogP contribution is 2.22. The molecule has 0 fully saturated rings. The van der Waals surface area contributed by atoms with Gasteiger partial charge in [0, 0.05) is 29.7 Å². The third-order valence-corrected chi connectivity index (χ3v) is 4.41. The van der Waals surface area contributed by atoms with Crippen LogP contribution in [0.2, 0.25) is 0 Å². The van der Waals surface area contributed by atoms with Crippen LogP contribution >= 0.6 is 0 Å². The van der Waals surface area contributed by atoms with Crippen molar-refractivity contribution in [3.63, 3.8) is 0 Å². The summed E-state index contributed by atoms with van der Waals surface area (Å²) in [5.74, 6) is -0.538. The lowest BCUT2D eigenvalue weighted by Gasteiger charge is -2.07. The van der Waals surface area contributed by atoms with E-state index in [1.54, 1.807) is 11.6 Å². The van der Waals surface area contributed by atoms with Crippen LogP contribution in [0.25, 0.3) is 17.0 Å². The normalized spacial score (nSPS) is 11.3. The highest BCUT2D eigenvalue weighted by molar-refractivity contribution is 5.90. The molecule has 0 unspecified atom stereocenters. The number of aryl methyl sites for hydroxylation is 1. The SMILES string of the molecule is Cc1c[nH]c2cccc(CCNCc3ccc(/C=C/C(=O)NO)cc3)c12. The number of hydrogen-bond donors (Lipinski definition) is 4. The van der Waals surface area contributed by atoms with E-state index in [0.717, 1.165) is 25.1 Å². The lowest BCUT2D eigenvalue weighted by molar-refractivity contribution is -0.124. The van der Waals surface area contributed by atoms with Crippen LogP contribution in [0.5, 0.6) is 0 Å². The highest BCUT2D eigenvalue weighted by atomic mass is 16.5. The average Bonchev–Trinajstić information content (AvgIpc) is 3.06. The minimum Gasteiger partial charge on any atom is -0.361 e. The fourth-order valence-corrected chi connectivity index (χ4v) is 3.06. The number of amides is 1. The predicted octanol–water partition coefficient (Wildman–Crippen LogP) is 3.33. The molecule has 4 N–H and O–H groups in total. The van der Waals surface area contributed by atoms with Gasteiger partial charge in [-0.3, -0.25) is 10.0 Å². The first kappa shape index (κ1) is 17.9. The molecule has 134 valence electrons. The Hall–Kier alpha value is -2.89. The molecule has 2 aromatic carbocycles. The van der Waals surface area contributed by atoms with Gasteiger partial charge in [0.05, 0.1) is 0 Å². The van der Waals surface area contributed by atoms with Crippen molar-refractivity contribution in [2.24, 2.45) is 0 Å². The summed E-state index contributed by atoms with van der Waals surface area (Å²) < 4.78 is 0. The van der Waals surface area contributed by atoms with Crippen molar-refractivity contribution in [2.75, 3.05) is 6.54 Å². The Morgan fingerprint density at radius 1 is 1.19 bits per heavy atom. The van der Waals surface area contributed by atoms with Crippen LogP contribution in [-0.2, 0) is 17.8 Å².